The maximum atomic E-state index is 13.1. The number of hydrogen-bond acceptors (Lipinski definition) is 6. The normalized spacial score (nSPS) is 13.6. The fourth-order valence-corrected chi connectivity index (χ4v) is 3.91. The molecule has 0 aliphatic rings. The molecule has 0 unspecified atom stereocenters. The monoisotopic (exact) mass is 355 g/mol. The van der Waals surface area contributed by atoms with Gasteiger partial charge in [-0.2, -0.15) is 0 Å². The van der Waals surface area contributed by atoms with Gasteiger partial charge in [0.1, 0.15) is 6.04 Å². The summed E-state index contributed by atoms with van der Waals surface area (Å²) in [4.78, 5) is 11.8. The number of hydrogen-bond donors (Lipinski definition) is 1. The summed E-state index contributed by atoms with van der Waals surface area (Å²) >= 11 is 0. The van der Waals surface area contributed by atoms with Crippen molar-refractivity contribution in [2.45, 2.75) is 33.2 Å². The van der Waals surface area contributed by atoms with Gasteiger partial charge < -0.3 is 19.5 Å². The Morgan fingerprint density at radius 1 is 1.12 bits per heavy atom. The highest BCUT2D eigenvalue weighted by atomic mass is 31.2. The van der Waals surface area contributed by atoms with Gasteiger partial charge in [0, 0.05) is 11.7 Å². The largest absolute Gasteiger partial charge is 0.465 e. The lowest BCUT2D eigenvalue weighted by molar-refractivity contribution is -0.144. The molecule has 134 valence electrons. The Labute approximate surface area is 143 Å². The Hall–Kier alpha value is -1.46. The predicted octanol–water partition coefficient (Wildman–Crippen LogP) is 3.57. The Morgan fingerprint density at radius 2 is 1.71 bits per heavy atom. The molecule has 24 heavy (non-hydrogen) atoms. The van der Waals surface area contributed by atoms with Crippen molar-refractivity contribution in [1.82, 2.24) is 0 Å². The molecule has 0 radical (unpaired) electrons. The number of esters is 1. The van der Waals surface area contributed by atoms with Crippen molar-refractivity contribution in [2.24, 2.45) is 5.73 Å². The number of carbonyl (C=O) groups excluding carboxylic acids is 1. The first kappa shape index (κ1) is 20.6. The van der Waals surface area contributed by atoms with Crippen LogP contribution in [0.25, 0.3) is 6.08 Å². The van der Waals surface area contributed by atoms with Gasteiger partial charge in [0.25, 0.3) is 0 Å². The first-order valence-electron chi connectivity index (χ1n) is 8.04. The van der Waals surface area contributed by atoms with E-state index >= 15 is 0 Å². The van der Waals surface area contributed by atoms with Crippen LogP contribution in [0.2, 0.25) is 0 Å². The van der Waals surface area contributed by atoms with Crippen LogP contribution in [0.3, 0.4) is 0 Å². The fraction of sp³-hybridized carbons (Fsp3) is 0.471. The van der Waals surface area contributed by atoms with Crippen LogP contribution in [-0.4, -0.2) is 31.8 Å². The summed E-state index contributed by atoms with van der Waals surface area (Å²) in [6, 6.07) is 8.39. The highest BCUT2D eigenvalue weighted by molar-refractivity contribution is 7.58. The third-order valence-corrected chi connectivity index (χ3v) is 5.31. The zero-order valence-electron chi connectivity index (χ0n) is 14.4. The molecule has 0 aromatic heterocycles. The van der Waals surface area contributed by atoms with E-state index in [4.69, 9.17) is 19.5 Å². The molecule has 0 bridgehead atoms. The minimum atomic E-state index is -3.53. The van der Waals surface area contributed by atoms with E-state index in [2.05, 4.69) is 0 Å². The van der Waals surface area contributed by atoms with E-state index < -0.39 is 19.6 Å². The predicted molar refractivity (Wildman–Crippen MR) is 94.5 cm³/mol. The van der Waals surface area contributed by atoms with Crippen LogP contribution in [0.4, 0.5) is 0 Å². The second-order valence-corrected chi connectivity index (χ2v) is 7.03. The molecule has 7 heteroatoms. The van der Waals surface area contributed by atoms with Crippen molar-refractivity contribution in [3.8, 4) is 0 Å². The van der Waals surface area contributed by atoms with Crippen molar-refractivity contribution in [2.75, 3.05) is 19.8 Å². The topological polar surface area (TPSA) is 87.9 Å². The number of rotatable bonds is 10. The summed E-state index contributed by atoms with van der Waals surface area (Å²) in [5, 5.41) is 0.359. The van der Waals surface area contributed by atoms with Gasteiger partial charge in [0.2, 0.25) is 0 Å². The zero-order chi connectivity index (χ0) is 18.0. The molecule has 0 fully saturated rings. The average Bonchev–Trinajstić information content (AvgIpc) is 2.55. The second kappa shape index (κ2) is 10.4. The lowest BCUT2D eigenvalue weighted by Gasteiger charge is -2.22. The molecule has 2 N–H and O–H groups in total. The molecule has 1 rings (SSSR count). The smallest absolute Gasteiger partial charge is 0.357 e. The van der Waals surface area contributed by atoms with E-state index in [1.165, 1.54) is 0 Å². The van der Waals surface area contributed by atoms with Crippen molar-refractivity contribution in [3.63, 3.8) is 0 Å². The standard InChI is InChI=1S/C17H26NO5P/c1-4-21-17(19)16(18)13-15(12-14-10-8-7-9-11-14)24(20,22-5-2)23-6-3/h7-12,16H,4-6,13,18H2,1-3H3/b15-12+/t16-/m0/s1. The molecule has 1 aromatic rings. The van der Waals surface area contributed by atoms with Gasteiger partial charge in [0.15, 0.2) is 0 Å². The van der Waals surface area contributed by atoms with E-state index in [1.807, 2.05) is 30.3 Å². The van der Waals surface area contributed by atoms with Gasteiger partial charge in [-0.25, -0.2) is 0 Å². The maximum absolute atomic E-state index is 13.1. The molecule has 0 aliphatic heterocycles. The quantitative estimate of drug-likeness (QED) is 0.510. The SMILES string of the molecule is CCOC(=O)[C@@H](N)C/C(=C\c1ccccc1)P(=O)(OCC)OCC. The molecule has 0 amide bonds. The first-order chi connectivity index (χ1) is 11.5. The number of carbonyl (C=O) groups is 1. The minimum Gasteiger partial charge on any atom is -0.465 e. The Kier molecular flexibility index (Phi) is 8.93. The van der Waals surface area contributed by atoms with E-state index in [-0.39, 0.29) is 26.2 Å². The number of nitrogens with two attached hydrogens (primary N) is 1. The summed E-state index contributed by atoms with van der Waals surface area (Å²) in [5.41, 5.74) is 6.72. The summed E-state index contributed by atoms with van der Waals surface area (Å²) in [6.45, 7) is 5.85. The van der Waals surface area contributed by atoms with Crippen LogP contribution in [-0.2, 0) is 23.1 Å². The molecule has 0 spiro atoms. The highest BCUT2D eigenvalue weighted by Gasteiger charge is 2.32. The number of benzene rings is 1. The molecule has 1 atom stereocenters. The van der Waals surface area contributed by atoms with Gasteiger partial charge >= 0.3 is 13.6 Å². The van der Waals surface area contributed by atoms with E-state index in [0.717, 1.165) is 5.56 Å². The second-order valence-electron chi connectivity index (χ2n) is 4.94. The zero-order valence-corrected chi connectivity index (χ0v) is 15.3. The van der Waals surface area contributed by atoms with Crippen LogP contribution in [0, 0.1) is 0 Å². The Morgan fingerprint density at radius 3 is 2.21 bits per heavy atom. The minimum absolute atomic E-state index is 0.0327. The molecule has 0 saturated heterocycles. The lowest BCUT2D eigenvalue weighted by Crippen LogP contribution is -2.32. The summed E-state index contributed by atoms with van der Waals surface area (Å²) in [6.07, 6.45) is 1.73. The van der Waals surface area contributed by atoms with Crippen LogP contribution in [0.1, 0.15) is 32.8 Å². The van der Waals surface area contributed by atoms with E-state index in [1.54, 1.807) is 26.8 Å². The molecular weight excluding hydrogens is 329 g/mol. The van der Waals surface area contributed by atoms with E-state index in [9.17, 15) is 9.36 Å². The molecular formula is C17H26NO5P. The van der Waals surface area contributed by atoms with Crippen LogP contribution in [0.5, 0.6) is 0 Å². The third-order valence-electron chi connectivity index (χ3n) is 3.10. The average molecular weight is 355 g/mol. The van der Waals surface area contributed by atoms with Gasteiger partial charge in [0.05, 0.1) is 19.8 Å². The molecule has 0 saturated carbocycles. The van der Waals surface area contributed by atoms with Crippen LogP contribution < -0.4 is 5.73 Å². The van der Waals surface area contributed by atoms with Crippen molar-refractivity contribution in [3.05, 3.63) is 41.2 Å². The maximum Gasteiger partial charge on any atom is 0.357 e. The van der Waals surface area contributed by atoms with Crippen molar-refractivity contribution < 1.29 is 23.1 Å². The van der Waals surface area contributed by atoms with E-state index in [0.29, 0.717) is 5.31 Å². The van der Waals surface area contributed by atoms with Gasteiger partial charge in [-0.05, 0) is 32.4 Å². The lowest BCUT2D eigenvalue weighted by atomic mass is 10.1. The first-order valence-corrected chi connectivity index (χ1v) is 9.58. The van der Waals surface area contributed by atoms with Gasteiger partial charge in [-0.1, -0.05) is 30.3 Å². The summed E-state index contributed by atoms with van der Waals surface area (Å²) in [7, 11) is -3.53. The number of ether oxygens (including phenoxy) is 1. The van der Waals surface area contributed by atoms with Crippen molar-refractivity contribution in [1.29, 1.82) is 0 Å². The summed E-state index contributed by atoms with van der Waals surface area (Å²) in [5.74, 6) is -0.545. The van der Waals surface area contributed by atoms with Crippen molar-refractivity contribution >= 4 is 19.6 Å². The Bertz CT molecular complexity index is 578. The summed E-state index contributed by atoms with van der Waals surface area (Å²) < 4.78 is 28.8. The fourth-order valence-electron chi connectivity index (χ4n) is 2.09. The van der Waals surface area contributed by atoms with Gasteiger partial charge in [-0.3, -0.25) is 9.36 Å². The molecule has 0 aliphatic carbocycles. The van der Waals surface area contributed by atoms with Gasteiger partial charge in [-0.15, -0.1) is 0 Å². The molecule has 0 heterocycles. The van der Waals surface area contributed by atoms with Crippen LogP contribution >= 0.6 is 7.60 Å². The Balaban J connectivity index is 3.18. The third kappa shape index (κ3) is 6.21. The van der Waals surface area contributed by atoms with Crippen LogP contribution in [0.15, 0.2) is 35.6 Å². The molecule has 6 nitrogen and oxygen atoms in total. The molecule has 1 aromatic carbocycles. The highest BCUT2D eigenvalue weighted by Crippen LogP contribution is 2.58.